The zero-order valence-corrected chi connectivity index (χ0v) is 18.5. The summed E-state index contributed by atoms with van der Waals surface area (Å²) >= 11 is 0. The van der Waals surface area contributed by atoms with Crippen LogP contribution in [0.25, 0.3) is 22.3 Å². The molecule has 170 valence electrons. The van der Waals surface area contributed by atoms with Gasteiger partial charge in [0.1, 0.15) is 25.4 Å². The molecule has 33 heavy (non-hydrogen) atoms. The molecule has 2 atom stereocenters. The molecule has 0 spiro atoms. The van der Waals surface area contributed by atoms with Gasteiger partial charge in [-0.2, -0.15) is 5.10 Å². The van der Waals surface area contributed by atoms with Crippen LogP contribution in [0.2, 0.25) is 0 Å². The second kappa shape index (κ2) is 8.99. The predicted molar refractivity (Wildman–Crippen MR) is 122 cm³/mol. The minimum Gasteiger partial charge on any atom is -0.484 e. The third-order valence-corrected chi connectivity index (χ3v) is 5.47. The Kier molecular flexibility index (Phi) is 5.74. The van der Waals surface area contributed by atoms with Gasteiger partial charge in [-0.15, -0.1) is 0 Å². The summed E-state index contributed by atoms with van der Waals surface area (Å²) in [6, 6.07) is 5.85. The van der Waals surface area contributed by atoms with Crippen molar-refractivity contribution in [1.82, 2.24) is 29.7 Å². The molecule has 1 aliphatic heterocycles. The molecule has 2 N–H and O–H groups in total. The maximum Gasteiger partial charge on any atom is 0.257 e. The van der Waals surface area contributed by atoms with E-state index in [4.69, 9.17) is 9.47 Å². The lowest BCUT2D eigenvalue weighted by atomic mass is 10.0. The van der Waals surface area contributed by atoms with Crippen LogP contribution in [-0.4, -0.2) is 60.7 Å². The van der Waals surface area contributed by atoms with Crippen LogP contribution in [0.4, 0.5) is 5.82 Å². The first-order valence-electron chi connectivity index (χ1n) is 10.9. The molecule has 5 heterocycles. The molecule has 0 saturated carbocycles. The number of pyridine rings is 2. The maximum atomic E-state index is 9.64. The first-order valence-corrected chi connectivity index (χ1v) is 10.9. The van der Waals surface area contributed by atoms with Gasteiger partial charge in [-0.25, -0.2) is 24.6 Å². The molecule has 0 radical (unpaired) electrons. The van der Waals surface area contributed by atoms with E-state index in [9.17, 15) is 5.11 Å². The maximum absolute atomic E-state index is 9.64. The quantitative estimate of drug-likeness (QED) is 0.440. The third kappa shape index (κ3) is 4.42. The molecule has 0 aliphatic carbocycles. The van der Waals surface area contributed by atoms with E-state index in [-0.39, 0.29) is 5.92 Å². The molecule has 0 aromatic carbocycles. The van der Waals surface area contributed by atoms with Crippen LogP contribution >= 0.6 is 0 Å². The fourth-order valence-electron chi connectivity index (χ4n) is 3.84. The Labute approximate surface area is 190 Å². The molecular weight excluding hydrogens is 422 g/mol. The van der Waals surface area contributed by atoms with Gasteiger partial charge in [0.25, 0.3) is 5.88 Å². The van der Waals surface area contributed by atoms with Crippen molar-refractivity contribution < 1.29 is 14.6 Å². The molecule has 0 fully saturated rings. The highest BCUT2D eigenvalue weighted by molar-refractivity contribution is 5.80. The van der Waals surface area contributed by atoms with Crippen molar-refractivity contribution in [3.05, 3.63) is 48.7 Å². The molecule has 1 aliphatic rings. The summed E-state index contributed by atoms with van der Waals surface area (Å²) in [6.45, 7) is 5.93. The zero-order chi connectivity index (χ0) is 22.8. The highest BCUT2D eigenvalue weighted by Crippen LogP contribution is 2.35. The van der Waals surface area contributed by atoms with E-state index in [1.165, 1.54) is 6.33 Å². The number of hydrogen-bond donors (Lipinski definition) is 2. The van der Waals surface area contributed by atoms with Crippen LogP contribution in [0.1, 0.15) is 25.3 Å². The van der Waals surface area contributed by atoms with Crippen molar-refractivity contribution in [3.8, 4) is 22.9 Å². The number of ether oxygens (including phenoxy) is 2. The average molecular weight is 447 g/mol. The monoisotopic (exact) mass is 447 g/mol. The first kappa shape index (κ1) is 21.1. The van der Waals surface area contributed by atoms with E-state index < -0.39 is 6.10 Å². The lowest BCUT2D eigenvalue weighted by Gasteiger charge is -2.22. The largest absolute Gasteiger partial charge is 0.484 e. The van der Waals surface area contributed by atoms with E-state index in [1.54, 1.807) is 30.2 Å². The number of fused-ring (bicyclic) bond motifs is 2. The third-order valence-electron chi connectivity index (χ3n) is 5.47. The topological polar surface area (TPSA) is 120 Å². The van der Waals surface area contributed by atoms with Gasteiger partial charge in [0.05, 0.1) is 24.5 Å². The summed E-state index contributed by atoms with van der Waals surface area (Å²) in [4.78, 5) is 17.6. The Morgan fingerprint density at radius 1 is 1.09 bits per heavy atom. The van der Waals surface area contributed by atoms with E-state index in [0.717, 1.165) is 39.4 Å². The lowest BCUT2D eigenvalue weighted by molar-refractivity contribution is 0.162. The predicted octanol–water partition coefficient (Wildman–Crippen LogP) is 2.65. The van der Waals surface area contributed by atoms with Crippen LogP contribution in [0.5, 0.6) is 11.6 Å². The van der Waals surface area contributed by atoms with Gasteiger partial charge < -0.3 is 19.9 Å². The molecular formula is C23H25N7O3. The molecule has 0 bridgehead atoms. The summed E-state index contributed by atoms with van der Waals surface area (Å²) in [5.74, 6) is 2.14. The lowest BCUT2D eigenvalue weighted by Crippen LogP contribution is -2.19. The fraction of sp³-hybridized carbons (Fsp3) is 0.348. The number of aliphatic hydroxyl groups is 1. The van der Waals surface area contributed by atoms with Crippen molar-refractivity contribution in [2.45, 2.75) is 32.4 Å². The Bertz CT molecular complexity index is 1270. The minimum atomic E-state index is -0.496. The fourth-order valence-corrected chi connectivity index (χ4v) is 3.84. The summed E-state index contributed by atoms with van der Waals surface area (Å²) in [5, 5.41) is 18.2. The normalized spacial score (nSPS) is 14.8. The number of rotatable bonds is 7. The highest BCUT2D eigenvalue weighted by atomic mass is 16.6. The number of nitrogens with zero attached hydrogens (tertiary/aromatic N) is 6. The number of aromatic nitrogens is 6. The molecule has 4 aromatic heterocycles. The van der Waals surface area contributed by atoms with Gasteiger partial charge in [-0.05, 0) is 19.1 Å². The number of hydrogen-bond acceptors (Lipinski definition) is 9. The first-order chi connectivity index (χ1) is 16.1. The highest BCUT2D eigenvalue weighted by Gasteiger charge is 2.21. The smallest absolute Gasteiger partial charge is 0.257 e. The van der Waals surface area contributed by atoms with Gasteiger partial charge >= 0.3 is 0 Å². The Balaban J connectivity index is 1.32. The second-order valence-electron chi connectivity index (χ2n) is 8.11. The Morgan fingerprint density at radius 3 is 2.85 bits per heavy atom. The number of anilines is 1. The summed E-state index contributed by atoms with van der Waals surface area (Å²) in [6.07, 6.45) is 6.29. The van der Waals surface area contributed by atoms with Crippen LogP contribution in [0.15, 0.2) is 43.1 Å². The van der Waals surface area contributed by atoms with Crippen molar-refractivity contribution >= 4 is 16.9 Å². The SMILES string of the molecule is C[C@H](CNc1cc(-c2cnc3c(cnn3C[C@@H](C)O)c2)ncn1)c1ccnc2c1OCCO2. The standard InChI is InChI=1S/C23H25N7O3/c1-14(18-3-4-24-23-21(18)32-5-6-33-23)9-25-20-8-19(27-13-28-20)16-7-17-11-29-30(12-15(2)31)22(17)26-10-16/h3-4,7-8,10-11,13-15,31H,5-6,9,12H2,1-2H3,(H,25,27,28)/t14-,15-/m1/s1. The van der Waals surface area contributed by atoms with Crippen molar-refractivity contribution in [2.75, 3.05) is 25.1 Å². The van der Waals surface area contributed by atoms with Crippen molar-refractivity contribution in [1.29, 1.82) is 0 Å². The van der Waals surface area contributed by atoms with Gasteiger partial charge in [0, 0.05) is 47.4 Å². The number of nitrogens with one attached hydrogen (secondary N) is 1. The molecule has 10 heteroatoms. The van der Waals surface area contributed by atoms with Crippen molar-refractivity contribution in [2.24, 2.45) is 0 Å². The summed E-state index contributed by atoms with van der Waals surface area (Å²) in [5.41, 5.74) is 3.40. The van der Waals surface area contributed by atoms with Crippen LogP contribution < -0.4 is 14.8 Å². The van der Waals surface area contributed by atoms with E-state index in [0.29, 0.717) is 32.2 Å². The van der Waals surface area contributed by atoms with Gasteiger partial charge in [-0.3, -0.25) is 0 Å². The molecule has 4 aromatic rings. The van der Waals surface area contributed by atoms with Gasteiger partial charge in [-0.1, -0.05) is 6.92 Å². The van der Waals surface area contributed by atoms with E-state index in [1.807, 2.05) is 18.2 Å². The van der Waals surface area contributed by atoms with E-state index >= 15 is 0 Å². The molecule has 0 unspecified atom stereocenters. The number of aliphatic hydroxyl groups excluding tert-OH is 1. The Hall–Kier alpha value is -3.79. The second-order valence-corrected chi connectivity index (χ2v) is 8.11. The summed E-state index contributed by atoms with van der Waals surface area (Å²) in [7, 11) is 0. The van der Waals surface area contributed by atoms with Crippen LogP contribution in [-0.2, 0) is 6.54 Å². The van der Waals surface area contributed by atoms with Crippen LogP contribution in [0.3, 0.4) is 0 Å². The van der Waals surface area contributed by atoms with Crippen molar-refractivity contribution in [3.63, 3.8) is 0 Å². The zero-order valence-electron chi connectivity index (χ0n) is 18.5. The van der Waals surface area contributed by atoms with E-state index in [2.05, 4.69) is 37.3 Å². The average Bonchev–Trinajstić information content (AvgIpc) is 3.23. The van der Waals surface area contributed by atoms with Crippen LogP contribution in [0, 0.1) is 0 Å². The van der Waals surface area contributed by atoms with Gasteiger partial charge in [0.2, 0.25) is 0 Å². The molecule has 0 saturated heterocycles. The molecule has 5 rings (SSSR count). The Morgan fingerprint density at radius 2 is 1.97 bits per heavy atom. The summed E-state index contributed by atoms with van der Waals surface area (Å²) < 4.78 is 13.1. The molecule has 10 nitrogen and oxygen atoms in total. The van der Waals surface area contributed by atoms with Gasteiger partial charge in [0.15, 0.2) is 11.4 Å². The minimum absolute atomic E-state index is 0.152. The molecule has 0 amide bonds.